The summed E-state index contributed by atoms with van der Waals surface area (Å²) in [7, 11) is 0. The van der Waals surface area contributed by atoms with Crippen molar-refractivity contribution in [2.75, 3.05) is 6.61 Å². The smallest absolute Gasteiger partial charge is 0.303 e. The van der Waals surface area contributed by atoms with Crippen LogP contribution in [0.25, 0.3) is 0 Å². The predicted octanol–water partition coefficient (Wildman–Crippen LogP) is 1.31. The monoisotopic (exact) mass is 431 g/mol. The molecule has 0 aromatic heterocycles. The van der Waals surface area contributed by atoms with E-state index in [1.807, 2.05) is 0 Å². The number of carbonyl (C=O) groups is 3. The second kappa shape index (κ2) is 8.16. The summed E-state index contributed by atoms with van der Waals surface area (Å²) >= 11 is 17.3. The van der Waals surface area contributed by atoms with Crippen LogP contribution in [0, 0.1) is 0 Å². The van der Waals surface area contributed by atoms with Crippen LogP contribution in [0.4, 0.5) is 0 Å². The number of nitrogens with zero attached hydrogens (tertiary/aromatic N) is 1. The molecule has 0 aliphatic carbocycles. The van der Waals surface area contributed by atoms with Crippen molar-refractivity contribution in [3.8, 4) is 0 Å². The maximum absolute atomic E-state index is 11.5. The molecule has 0 amide bonds. The molecule has 0 saturated carbocycles. The molecule has 0 radical (unpaired) electrons. The summed E-state index contributed by atoms with van der Waals surface area (Å²) in [5, 5.41) is 0. The molecule has 0 spiro atoms. The summed E-state index contributed by atoms with van der Waals surface area (Å²) in [6, 6.07) is -0.942. The lowest BCUT2D eigenvalue weighted by atomic mass is 9.97. The van der Waals surface area contributed by atoms with E-state index in [0.29, 0.717) is 0 Å². The molecule has 0 aromatic carbocycles. The number of esters is 3. The lowest BCUT2D eigenvalue weighted by Gasteiger charge is -2.40. The van der Waals surface area contributed by atoms with Gasteiger partial charge in [-0.2, -0.15) is 0 Å². The van der Waals surface area contributed by atoms with Gasteiger partial charge in [0.1, 0.15) is 12.7 Å². The van der Waals surface area contributed by atoms with E-state index in [0.717, 1.165) is 0 Å². The van der Waals surface area contributed by atoms with E-state index in [1.165, 1.54) is 20.8 Å². The van der Waals surface area contributed by atoms with Crippen molar-refractivity contribution in [3.05, 3.63) is 0 Å². The first-order chi connectivity index (χ1) is 12.0. The molecule has 1 saturated heterocycles. The van der Waals surface area contributed by atoms with Gasteiger partial charge in [-0.1, -0.05) is 34.8 Å². The highest BCUT2D eigenvalue weighted by Crippen LogP contribution is 2.38. The van der Waals surface area contributed by atoms with E-state index < -0.39 is 52.3 Å². The Bertz CT molecular complexity index is 620. The number of ether oxygens (including phenoxy) is 5. The largest absolute Gasteiger partial charge is 0.463 e. The van der Waals surface area contributed by atoms with Gasteiger partial charge in [0.15, 0.2) is 18.2 Å². The van der Waals surface area contributed by atoms with Crippen LogP contribution in [0.2, 0.25) is 0 Å². The topological polar surface area (TPSA) is 110 Å². The molecule has 0 aromatic rings. The van der Waals surface area contributed by atoms with Crippen LogP contribution in [0.5, 0.6) is 0 Å². The Hall–Kier alpha value is -1.29. The number of fused-ring (bicyclic) bond motifs is 1. The summed E-state index contributed by atoms with van der Waals surface area (Å²) < 4.78 is 24.5. The van der Waals surface area contributed by atoms with Crippen molar-refractivity contribution in [3.63, 3.8) is 0 Å². The Morgan fingerprint density at radius 3 is 2.12 bits per heavy atom. The Labute approximate surface area is 163 Å². The molecular formula is C14H16Cl3NO8. The molecule has 9 nitrogen and oxygen atoms in total. The van der Waals surface area contributed by atoms with Gasteiger partial charge in [-0.3, -0.25) is 14.4 Å². The molecule has 2 aliphatic rings. The average molecular weight is 433 g/mol. The number of rotatable bonds is 4. The summed E-state index contributed by atoms with van der Waals surface area (Å²) in [6.07, 6.45) is -4.28. The van der Waals surface area contributed by atoms with Gasteiger partial charge in [-0.15, -0.1) is 0 Å². The summed E-state index contributed by atoms with van der Waals surface area (Å²) in [4.78, 5) is 38.2. The van der Waals surface area contributed by atoms with Crippen molar-refractivity contribution in [1.82, 2.24) is 0 Å². The number of hydrogen-bond donors (Lipinski definition) is 0. The van der Waals surface area contributed by atoms with Gasteiger partial charge in [0, 0.05) is 20.8 Å². The standard InChI is InChI=1S/C14H16Cl3NO8/c1-5(19)22-4-8-10(23-6(2)20)11(24-7(3)21)9-12(25-8)26-13(18-9)14(15,16)17/h8-12H,4H2,1-3H3/t8-,9+,10-,11+,12+/m1/s1. The Morgan fingerprint density at radius 1 is 1.04 bits per heavy atom. The third kappa shape index (κ3) is 5.12. The predicted molar refractivity (Wildman–Crippen MR) is 89.0 cm³/mol. The molecule has 12 heteroatoms. The van der Waals surface area contributed by atoms with Gasteiger partial charge in [0.25, 0.3) is 3.79 Å². The zero-order valence-corrected chi connectivity index (χ0v) is 16.2. The average Bonchev–Trinajstić information content (AvgIpc) is 2.90. The number of aliphatic imine (C=N–C) groups is 1. The first-order valence-corrected chi connectivity index (χ1v) is 8.57. The van der Waals surface area contributed by atoms with E-state index in [4.69, 9.17) is 58.5 Å². The molecule has 2 rings (SSSR count). The minimum atomic E-state index is -1.97. The van der Waals surface area contributed by atoms with Crippen molar-refractivity contribution >= 4 is 58.6 Å². The van der Waals surface area contributed by atoms with E-state index in [9.17, 15) is 14.4 Å². The minimum absolute atomic E-state index is 0.260. The van der Waals surface area contributed by atoms with Crippen LogP contribution in [0.15, 0.2) is 4.99 Å². The van der Waals surface area contributed by atoms with Crippen LogP contribution in [0.3, 0.4) is 0 Å². The molecule has 5 atom stereocenters. The highest BCUT2D eigenvalue weighted by Gasteiger charge is 2.56. The SMILES string of the molecule is CC(=O)OC[C@H]1O[C@H]2OC(C(Cl)(Cl)Cl)=N[C@H]2[C@H](OC(C)=O)[C@@H]1OC(C)=O. The van der Waals surface area contributed by atoms with E-state index in [-0.39, 0.29) is 12.5 Å². The van der Waals surface area contributed by atoms with Gasteiger partial charge in [-0.05, 0) is 0 Å². The number of halogens is 3. The quantitative estimate of drug-likeness (QED) is 0.371. The highest BCUT2D eigenvalue weighted by molar-refractivity contribution is 6.76. The normalized spacial score (nSPS) is 30.5. The molecule has 0 unspecified atom stereocenters. The first kappa shape index (κ1) is 21.0. The van der Waals surface area contributed by atoms with Gasteiger partial charge >= 0.3 is 17.9 Å². The van der Waals surface area contributed by atoms with Gasteiger partial charge < -0.3 is 23.7 Å². The van der Waals surface area contributed by atoms with Crippen molar-refractivity contribution in [2.45, 2.75) is 55.2 Å². The lowest BCUT2D eigenvalue weighted by Crippen LogP contribution is -2.60. The maximum Gasteiger partial charge on any atom is 0.303 e. The summed E-state index contributed by atoms with van der Waals surface area (Å²) in [5.41, 5.74) is 0. The minimum Gasteiger partial charge on any atom is -0.463 e. The van der Waals surface area contributed by atoms with Crippen LogP contribution in [-0.4, -0.2) is 64.8 Å². The van der Waals surface area contributed by atoms with Crippen molar-refractivity contribution < 1.29 is 38.1 Å². The van der Waals surface area contributed by atoms with Crippen LogP contribution < -0.4 is 0 Å². The fourth-order valence-electron chi connectivity index (χ4n) is 2.54. The van der Waals surface area contributed by atoms with E-state index >= 15 is 0 Å². The Balaban J connectivity index is 2.34. The Kier molecular flexibility index (Phi) is 6.60. The van der Waals surface area contributed by atoms with Gasteiger partial charge in [0.05, 0.1) is 0 Å². The van der Waals surface area contributed by atoms with Crippen molar-refractivity contribution in [2.24, 2.45) is 4.99 Å². The van der Waals surface area contributed by atoms with E-state index in [1.54, 1.807) is 0 Å². The lowest BCUT2D eigenvalue weighted by molar-refractivity contribution is -0.249. The van der Waals surface area contributed by atoms with E-state index in [2.05, 4.69) is 4.99 Å². The fourth-order valence-corrected chi connectivity index (χ4v) is 2.82. The third-order valence-corrected chi connectivity index (χ3v) is 3.89. The molecule has 26 heavy (non-hydrogen) atoms. The molecule has 2 heterocycles. The number of alkyl halides is 3. The van der Waals surface area contributed by atoms with Gasteiger partial charge in [-0.25, -0.2) is 4.99 Å². The fraction of sp³-hybridized carbons (Fsp3) is 0.714. The third-order valence-electron chi connectivity index (χ3n) is 3.41. The first-order valence-electron chi connectivity index (χ1n) is 7.44. The molecule has 0 bridgehead atoms. The summed E-state index contributed by atoms with van der Waals surface area (Å²) in [6.45, 7) is 3.26. The molecule has 2 aliphatic heterocycles. The Morgan fingerprint density at radius 2 is 1.62 bits per heavy atom. The second-order valence-electron chi connectivity index (χ2n) is 5.53. The molecular weight excluding hydrogens is 417 g/mol. The molecule has 146 valence electrons. The van der Waals surface area contributed by atoms with Crippen LogP contribution in [0.1, 0.15) is 20.8 Å². The van der Waals surface area contributed by atoms with Crippen LogP contribution in [-0.2, 0) is 38.1 Å². The molecule has 0 N–H and O–H groups in total. The zero-order valence-electron chi connectivity index (χ0n) is 13.9. The number of carbonyl (C=O) groups excluding carboxylic acids is 3. The zero-order chi connectivity index (χ0) is 19.6. The van der Waals surface area contributed by atoms with Gasteiger partial charge in [0.2, 0.25) is 12.2 Å². The molecule has 1 fully saturated rings. The maximum atomic E-state index is 11.5. The summed E-state index contributed by atoms with van der Waals surface area (Å²) in [5.74, 6) is -2.15. The highest BCUT2D eigenvalue weighted by atomic mass is 35.6. The van der Waals surface area contributed by atoms with Crippen molar-refractivity contribution in [1.29, 1.82) is 0 Å². The van der Waals surface area contributed by atoms with Crippen LogP contribution >= 0.6 is 34.8 Å². The number of hydrogen-bond acceptors (Lipinski definition) is 9. The second-order valence-corrected chi connectivity index (χ2v) is 7.82.